The van der Waals surface area contributed by atoms with E-state index in [9.17, 15) is 22.0 Å². The van der Waals surface area contributed by atoms with Crippen LogP contribution in [0.2, 0.25) is 0 Å². The van der Waals surface area contributed by atoms with Crippen molar-refractivity contribution in [3.8, 4) is 0 Å². The van der Waals surface area contributed by atoms with Crippen molar-refractivity contribution in [2.45, 2.75) is 19.8 Å². The maximum absolute atomic E-state index is 14.2. The molecule has 0 nitrogen and oxygen atoms in total. The van der Waals surface area contributed by atoms with Crippen molar-refractivity contribution in [1.82, 2.24) is 0 Å². The summed E-state index contributed by atoms with van der Waals surface area (Å²) in [7, 11) is 0. The highest BCUT2D eigenvalue weighted by Gasteiger charge is 2.17. The number of benzene rings is 2. The van der Waals surface area contributed by atoms with Crippen LogP contribution < -0.4 is 0 Å². The molecule has 0 radical (unpaired) electrons. The molecule has 2 aromatic rings. The summed E-state index contributed by atoms with van der Waals surface area (Å²) in [6.07, 6.45) is 5.50. The minimum absolute atomic E-state index is 0.0626. The Labute approximate surface area is 136 Å². The Morgan fingerprint density at radius 2 is 1.42 bits per heavy atom. The first-order chi connectivity index (χ1) is 11.4. The SMILES string of the molecule is CC=CCCc1ccc(C(F)=C(F)c2cc(F)c(F)c(F)c2)cc1. The Bertz CT molecular complexity index is 750. The summed E-state index contributed by atoms with van der Waals surface area (Å²) < 4.78 is 67.4. The van der Waals surface area contributed by atoms with Gasteiger partial charge in [0.05, 0.1) is 0 Å². The Balaban J connectivity index is 2.28. The number of hydrogen-bond donors (Lipinski definition) is 0. The molecule has 0 saturated heterocycles. The van der Waals surface area contributed by atoms with Gasteiger partial charge in [0, 0.05) is 11.1 Å². The van der Waals surface area contributed by atoms with Crippen LogP contribution in [0.15, 0.2) is 48.6 Å². The van der Waals surface area contributed by atoms with E-state index in [-0.39, 0.29) is 5.56 Å². The first kappa shape index (κ1) is 17.9. The molecule has 5 heteroatoms. The van der Waals surface area contributed by atoms with Crippen LogP contribution >= 0.6 is 0 Å². The molecule has 0 spiro atoms. The standard InChI is InChI=1S/C19H15F5/c1-2-3-4-5-12-6-8-13(9-7-12)17(22)18(23)14-10-15(20)19(24)16(21)11-14/h2-3,6-11H,4-5H2,1H3. The van der Waals surface area contributed by atoms with Crippen LogP contribution in [0.1, 0.15) is 30.0 Å². The first-order valence-electron chi connectivity index (χ1n) is 7.34. The predicted molar refractivity (Wildman–Crippen MR) is 84.9 cm³/mol. The molecule has 2 rings (SSSR count). The van der Waals surface area contributed by atoms with Crippen molar-refractivity contribution in [2.75, 3.05) is 0 Å². The summed E-state index contributed by atoms with van der Waals surface area (Å²) in [6, 6.07) is 6.90. The van der Waals surface area contributed by atoms with Crippen molar-refractivity contribution in [2.24, 2.45) is 0 Å². The lowest BCUT2D eigenvalue weighted by Gasteiger charge is -2.05. The lowest BCUT2D eigenvalue weighted by Crippen LogP contribution is -1.94. The van der Waals surface area contributed by atoms with E-state index in [1.165, 1.54) is 12.1 Å². The Morgan fingerprint density at radius 3 is 1.96 bits per heavy atom. The molecule has 0 heterocycles. The van der Waals surface area contributed by atoms with E-state index in [1.807, 2.05) is 19.1 Å². The summed E-state index contributed by atoms with van der Waals surface area (Å²) in [5.41, 5.74) is 0.192. The molecule has 0 aliphatic heterocycles. The lowest BCUT2D eigenvalue weighted by molar-refractivity contribution is 0.446. The molecule has 0 unspecified atom stereocenters. The fourth-order valence-corrected chi connectivity index (χ4v) is 2.17. The second-order valence-electron chi connectivity index (χ2n) is 5.19. The summed E-state index contributed by atoms with van der Waals surface area (Å²) >= 11 is 0. The highest BCUT2D eigenvalue weighted by molar-refractivity contribution is 5.83. The Kier molecular flexibility index (Phi) is 5.90. The molecule has 0 fully saturated rings. The van der Waals surface area contributed by atoms with Gasteiger partial charge < -0.3 is 0 Å². The van der Waals surface area contributed by atoms with E-state index in [1.54, 1.807) is 12.1 Å². The molecular weight excluding hydrogens is 323 g/mol. The first-order valence-corrected chi connectivity index (χ1v) is 7.34. The van der Waals surface area contributed by atoms with Crippen molar-refractivity contribution in [3.05, 3.63) is 82.7 Å². The van der Waals surface area contributed by atoms with Gasteiger partial charge in [-0.1, -0.05) is 36.4 Å². The topological polar surface area (TPSA) is 0 Å². The summed E-state index contributed by atoms with van der Waals surface area (Å²) in [6.45, 7) is 1.91. The van der Waals surface area contributed by atoms with Crippen LogP contribution in [0.25, 0.3) is 11.7 Å². The second-order valence-corrected chi connectivity index (χ2v) is 5.19. The van der Waals surface area contributed by atoms with Crippen LogP contribution in [0.3, 0.4) is 0 Å². The monoisotopic (exact) mass is 338 g/mol. The van der Waals surface area contributed by atoms with Crippen molar-refractivity contribution >= 4 is 11.7 Å². The van der Waals surface area contributed by atoms with E-state index in [0.717, 1.165) is 18.4 Å². The van der Waals surface area contributed by atoms with E-state index >= 15 is 0 Å². The normalized spacial score (nSPS) is 12.6. The molecule has 0 saturated carbocycles. The molecule has 0 aliphatic carbocycles. The third-order valence-electron chi connectivity index (χ3n) is 3.47. The number of hydrogen-bond acceptors (Lipinski definition) is 0. The molecule has 0 amide bonds. The van der Waals surface area contributed by atoms with Gasteiger partial charge in [-0.15, -0.1) is 0 Å². The van der Waals surface area contributed by atoms with Gasteiger partial charge in [0.25, 0.3) is 0 Å². The highest BCUT2D eigenvalue weighted by atomic mass is 19.2. The largest absolute Gasteiger partial charge is 0.204 e. The van der Waals surface area contributed by atoms with Gasteiger partial charge in [-0.05, 0) is 37.5 Å². The highest BCUT2D eigenvalue weighted by Crippen LogP contribution is 2.30. The second kappa shape index (κ2) is 7.90. The number of halogens is 5. The predicted octanol–water partition coefficient (Wildman–Crippen LogP) is 6.38. The van der Waals surface area contributed by atoms with E-state index in [0.29, 0.717) is 12.1 Å². The summed E-state index contributed by atoms with van der Waals surface area (Å²) in [5, 5.41) is 0. The zero-order chi connectivity index (χ0) is 17.7. The van der Waals surface area contributed by atoms with Crippen LogP contribution in [0.5, 0.6) is 0 Å². The van der Waals surface area contributed by atoms with E-state index < -0.39 is 34.7 Å². The van der Waals surface area contributed by atoms with E-state index in [4.69, 9.17) is 0 Å². The van der Waals surface area contributed by atoms with Gasteiger partial charge in [0.2, 0.25) is 0 Å². The van der Waals surface area contributed by atoms with Crippen LogP contribution in [-0.2, 0) is 6.42 Å². The van der Waals surface area contributed by atoms with Gasteiger partial charge in [-0.2, -0.15) is 0 Å². The molecule has 0 aromatic heterocycles. The number of rotatable bonds is 5. The number of allylic oxidation sites excluding steroid dienone is 2. The van der Waals surface area contributed by atoms with Crippen molar-refractivity contribution in [3.63, 3.8) is 0 Å². The van der Waals surface area contributed by atoms with Crippen LogP contribution in [0, 0.1) is 17.5 Å². The minimum atomic E-state index is -1.72. The van der Waals surface area contributed by atoms with Crippen molar-refractivity contribution in [1.29, 1.82) is 0 Å². The fourth-order valence-electron chi connectivity index (χ4n) is 2.17. The van der Waals surface area contributed by atoms with Crippen LogP contribution in [-0.4, -0.2) is 0 Å². The zero-order valence-electron chi connectivity index (χ0n) is 12.9. The lowest BCUT2D eigenvalue weighted by atomic mass is 10.0. The number of aryl methyl sites for hydroxylation is 1. The summed E-state index contributed by atoms with van der Waals surface area (Å²) in [4.78, 5) is 0. The van der Waals surface area contributed by atoms with Gasteiger partial charge in [0.15, 0.2) is 29.1 Å². The minimum Gasteiger partial charge on any atom is -0.204 e. The Morgan fingerprint density at radius 1 is 0.875 bits per heavy atom. The molecule has 2 aromatic carbocycles. The Hall–Kier alpha value is -2.43. The quantitative estimate of drug-likeness (QED) is 0.257. The maximum atomic E-state index is 14.2. The average molecular weight is 338 g/mol. The molecule has 0 atom stereocenters. The molecule has 126 valence electrons. The van der Waals surface area contributed by atoms with Gasteiger partial charge >= 0.3 is 0 Å². The molecule has 0 N–H and O–H groups in total. The zero-order valence-corrected chi connectivity index (χ0v) is 12.9. The maximum Gasteiger partial charge on any atom is 0.194 e. The van der Waals surface area contributed by atoms with Gasteiger partial charge in [-0.3, -0.25) is 0 Å². The molecule has 24 heavy (non-hydrogen) atoms. The fraction of sp³-hybridized carbons (Fsp3) is 0.158. The average Bonchev–Trinajstić information content (AvgIpc) is 2.59. The smallest absolute Gasteiger partial charge is 0.194 e. The van der Waals surface area contributed by atoms with Crippen molar-refractivity contribution < 1.29 is 22.0 Å². The van der Waals surface area contributed by atoms with Crippen LogP contribution in [0.4, 0.5) is 22.0 Å². The third kappa shape index (κ3) is 4.10. The van der Waals surface area contributed by atoms with Gasteiger partial charge in [-0.25, -0.2) is 22.0 Å². The summed E-state index contributed by atoms with van der Waals surface area (Å²) in [5.74, 6) is -7.59. The third-order valence-corrected chi connectivity index (χ3v) is 3.47. The van der Waals surface area contributed by atoms with E-state index in [2.05, 4.69) is 0 Å². The molecular formula is C19H15F5. The van der Waals surface area contributed by atoms with Gasteiger partial charge in [0.1, 0.15) is 0 Å². The molecule has 0 bridgehead atoms. The molecule has 0 aliphatic rings.